The molecule has 0 saturated carbocycles. The molecular weight excluding hydrogens is 1160 g/mol. The highest BCUT2D eigenvalue weighted by atomic mass is 28.3. The minimum absolute atomic E-state index is 0.0829. The molecule has 0 fully saturated rings. The highest BCUT2D eigenvalue weighted by Gasteiger charge is 2.40. The highest BCUT2D eigenvalue weighted by molar-refractivity contribution is 6.76. The van der Waals surface area contributed by atoms with Crippen LogP contribution in [0.4, 0.5) is 9.59 Å². The lowest BCUT2D eigenvalue weighted by Gasteiger charge is -2.30. The average Bonchev–Trinajstić information content (AvgIpc) is 1.88. The molecule has 0 radical (unpaired) electrons. The standard InChI is InChI=1S/C56H92N10O18Si2/c1-55(2,3)83-45(73)23-29-57-49(75)37(17-13-15-27-59-53(79)81-33-35-85(7,8)9)61-51(77)47(63-39(67)25-31-65-41(69)19-20-42(65)70)48(64-40(68)26-32-66-43(71)21-22-44(66)72)52(78)62-38(50(76)58-30-24-46(74)84-56(4,5)6)18-14-16-28-60-54(80)82-34-36-86(10,11)12/h19-22,37-38,47-48H,13-18,23-36H2,1-12H3,(H,57,75)(H,58,76)(H,59,79)(H,60,80)(H,61,77)(H,62,78)(H,63,67)(H,64,68)/t37-,38-,47?,48?/m0/s1. The number of ether oxygens (including phenoxy) is 4. The fraction of sp³-hybridized carbons (Fsp3) is 0.679. The van der Waals surface area contributed by atoms with E-state index >= 15 is 0 Å². The SMILES string of the molecule is CC(C)(C)OC(=O)CCNC(=O)[C@H](CCCCNC(=O)OCC[Si](C)(C)C)NC(=O)C(NC(=O)CCN1C(=O)C=CC1=O)C(NC(=O)CCN1C(=O)C=CC1=O)C(=O)N[C@@H](CCCCNC(=O)OCC[Si](C)(C)C)C(=O)NCCC(=O)OC(C)(C)C. The highest BCUT2D eigenvalue weighted by Crippen LogP contribution is 2.14. The van der Waals surface area contributed by atoms with Gasteiger partial charge in [-0.3, -0.25) is 67.3 Å². The molecule has 482 valence electrons. The van der Waals surface area contributed by atoms with E-state index in [1.165, 1.54) is 0 Å². The Morgan fingerprint density at radius 2 is 0.767 bits per heavy atom. The van der Waals surface area contributed by atoms with Crippen LogP contribution in [0.1, 0.15) is 106 Å². The first-order valence-electron chi connectivity index (χ1n) is 29.0. The summed E-state index contributed by atoms with van der Waals surface area (Å²) in [5.74, 6) is -10.7. The van der Waals surface area contributed by atoms with Crippen LogP contribution in [-0.2, 0) is 76.5 Å². The molecule has 28 nitrogen and oxygen atoms in total. The second-order valence-corrected chi connectivity index (χ2v) is 36.3. The van der Waals surface area contributed by atoms with Gasteiger partial charge in [0.1, 0.15) is 35.4 Å². The topological polar surface area (TPSA) is 379 Å². The maximum absolute atomic E-state index is 15.0. The Morgan fingerprint density at radius 3 is 1.07 bits per heavy atom. The van der Waals surface area contributed by atoms with Gasteiger partial charge in [-0.05, 0) is 92.2 Å². The van der Waals surface area contributed by atoms with Crippen LogP contribution >= 0.6 is 0 Å². The Kier molecular flexibility index (Phi) is 31.1. The van der Waals surface area contributed by atoms with Crippen LogP contribution in [0, 0.1) is 0 Å². The van der Waals surface area contributed by atoms with Gasteiger partial charge in [0.15, 0.2) is 0 Å². The lowest BCUT2D eigenvalue weighted by Crippen LogP contribution is -2.66. The smallest absolute Gasteiger partial charge is 0.407 e. The Bertz CT molecular complexity index is 2290. The summed E-state index contributed by atoms with van der Waals surface area (Å²) in [6.45, 7) is 21.7. The van der Waals surface area contributed by atoms with E-state index in [2.05, 4.69) is 81.8 Å². The first-order valence-corrected chi connectivity index (χ1v) is 36.4. The molecule has 0 spiro atoms. The quantitative estimate of drug-likeness (QED) is 0.0144. The van der Waals surface area contributed by atoms with Crippen molar-refractivity contribution in [2.45, 2.75) is 192 Å². The Morgan fingerprint density at radius 1 is 0.442 bits per heavy atom. The second-order valence-electron chi connectivity index (χ2n) is 25.0. The molecule has 4 atom stereocenters. The van der Waals surface area contributed by atoms with E-state index < -0.39 is 161 Å². The third-order valence-corrected chi connectivity index (χ3v) is 15.8. The molecule has 8 N–H and O–H groups in total. The number of rotatable bonds is 37. The number of imide groups is 2. The van der Waals surface area contributed by atoms with Crippen LogP contribution in [0.5, 0.6) is 0 Å². The molecule has 0 aromatic rings. The van der Waals surface area contributed by atoms with Gasteiger partial charge in [-0.2, -0.15) is 0 Å². The van der Waals surface area contributed by atoms with Crippen LogP contribution in [0.15, 0.2) is 24.3 Å². The summed E-state index contributed by atoms with van der Waals surface area (Å²) in [7, 11) is -3.02. The molecule has 2 aliphatic heterocycles. The summed E-state index contributed by atoms with van der Waals surface area (Å²) in [6, 6.07) is -5.97. The van der Waals surface area contributed by atoms with Crippen molar-refractivity contribution in [3.63, 3.8) is 0 Å². The number of esters is 2. The lowest BCUT2D eigenvalue weighted by atomic mass is 10.0. The Hall–Kier alpha value is -7.51. The van der Waals surface area contributed by atoms with E-state index in [1.807, 2.05) is 0 Å². The molecule has 0 aliphatic carbocycles. The third-order valence-electron chi connectivity index (χ3n) is 12.4. The number of hydrogen-bond acceptors (Lipinski definition) is 18. The van der Waals surface area contributed by atoms with Gasteiger partial charge in [-0.25, -0.2) is 9.59 Å². The van der Waals surface area contributed by atoms with Crippen molar-refractivity contribution in [3.05, 3.63) is 24.3 Å². The summed E-state index contributed by atoms with van der Waals surface area (Å²) in [4.78, 5) is 188. The van der Waals surface area contributed by atoms with Crippen molar-refractivity contribution in [2.24, 2.45) is 0 Å². The van der Waals surface area contributed by atoms with E-state index in [-0.39, 0.29) is 90.8 Å². The van der Waals surface area contributed by atoms with Crippen molar-refractivity contribution >= 4 is 99.3 Å². The summed E-state index contributed by atoms with van der Waals surface area (Å²) < 4.78 is 21.3. The van der Waals surface area contributed by atoms with Gasteiger partial charge in [0.2, 0.25) is 35.4 Å². The fourth-order valence-corrected chi connectivity index (χ4v) is 9.25. The fourth-order valence-electron chi connectivity index (χ4n) is 7.82. The minimum Gasteiger partial charge on any atom is -0.460 e. The van der Waals surface area contributed by atoms with Crippen LogP contribution in [-0.4, -0.2) is 197 Å². The number of nitrogens with zero attached hydrogens (tertiary/aromatic N) is 2. The third kappa shape index (κ3) is 32.1. The van der Waals surface area contributed by atoms with Crippen LogP contribution < -0.4 is 42.5 Å². The van der Waals surface area contributed by atoms with Gasteiger partial charge < -0.3 is 61.5 Å². The monoisotopic (exact) mass is 1250 g/mol. The summed E-state index contributed by atoms with van der Waals surface area (Å²) in [6.07, 6.45) is 1.13. The molecule has 2 heterocycles. The van der Waals surface area contributed by atoms with Gasteiger partial charge in [0, 0.05) is 92.6 Å². The first-order chi connectivity index (χ1) is 39.9. The number of nitrogens with one attached hydrogen (secondary N) is 8. The average molecular weight is 1250 g/mol. The molecule has 0 saturated heterocycles. The summed E-state index contributed by atoms with van der Waals surface area (Å²) >= 11 is 0. The number of unbranched alkanes of at least 4 members (excludes halogenated alkanes) is 2. The molecular formula is C56H92N10O18Si2. The van der Waals surface area contributed by atoms with Crippen molar-refractivity contribution in [3.8, 4) is 0 Å². The van der Waals surface area contributed by atoms with Gasteiger partial charge in [-0.15, -0.1) is 0 Å². The predicted molar refractivity (Wildman–Crippen MR) is 318 cm³/mol. The van der Waals surface area contributed by atoms with Crippen LogP contribution in [0.2, 0.25) is 51.4 Å². The lowest BCUT2D eigenvalue weighted by molar-refractivity contribution is -0.156. The van der Waals surface area contributed by atoms with Crippen molar-refractivity contribution in [1.82, 2.24) is 52.3 Å². The largest absolute Gasteiger partial charge is 0.460 e. The maximum atomic E-state index is 15.0. The molecule has 2 rings (SSSR count). The summed E-state index contributed by atoms with van der Waals surface area (Å²) in [5.41, 5.74) is -1.71. The van der Waals surface area contributed by atoms with E-state index in [0.29, 0.717) is 0 Å². The molecule has 2 unspecified atom stereocenters. The minimum atomic E-state index is -2.21. The number of carbonyl (C=O) groups is 14. The number of carbonyl (C=O) groups excluding carboxylic acids is 14. The van der Waals surface area contributed by atoms with E-state index in [4.69, 9.17) is 18.9 Å². The first kappa shape index (κ1) is 74.6. The van der Waals surface area contributed by atoms with Gasteiger partial charge in [-0.1, -0.05) is 39.3 Å². The second kappa shape index (κ2) is 35.8. The van der Waals surface area contributed by atoms with Crippen molar-refractivity contribution < 1.29 is 86.1 Å². The molecule has 0 aromatic heterocycles. The van der Waals surface area contributed by atoms with Crippen LogP contribution in [0.25, 0.3) is 0 Å². The zero-order valence-electron chi connectivity index (χ0n) is 52.0. The maximum Gasteiger partial charge on any atom is 0.407 e. The molecule has 30 heteroatoms. The zero-order valence-corrected chi connectivity index (χ0v) is 54.0. The Balaban J connectivity index is 2.66. The van der Waals surface area contributed by atoms with E-state index in [0.717, 1.165) is 46.2 Å². The van der Waals surface area contributed by atoms with Crippen molar-refractivity contribution in [2.75, 3.05) is 52.5 Å². The molecule has 0 aromatic carbocycles. The number of amides is 12. The van der Waals surface area contributed by atoms with Crippen LogP contribution in [0.3, 0.4) is 0 Å². The number of alkyl carbamates (subject to hydrolysis) is 2. The van der Waals surface area contributed by atoms with Gasteiger partial charge in [0.25, 0.3) is 23.6 Å². The normalized spacial score (nSPS) is 14.7. The summed E-state index contributed by atoms with van der Waals surface area (Å²) in [5, 5.41) is 20.3. The molecule has 86 heavy (non-hydrogen) atoms. The Labute approximate surface area is 505 Å². The molecule has 0 bridgehead atoms. The molecule has 2 aliphatic rings. The van der Waals surface area contributed by atoms with Gasteiger partial charge in [0.05, 0.1) is 26.1 Å². The van der Waals surface area contributed by atoms with Gasteiger partial charge >= 0.3 is 24.1 Å². The van der Waals surface area contributed by atoms with E-state index in [1.54, 1.807) is 41.5 Å². The molecule has 12 amide bonds. The zero-order chi connectivity index (χ0) is 65.0. The predicted octanol–water partition coefficient (Wildman–Crippen LogP) is 1.72. The number of hydrogen-bond donors (Lipinski definition) is 8. The van der Waals surface area contributed by atoms with E-state index in [9.17, 15) is 67.1 Å². The van der Waals surface area contributed by atoms with Crippen molar-refractivity contribution in [1.29, 1.82) is 0 Å².